The third kappa shape index (κ3) is 5.80. The monoisotopic (exact) mass is 334 g/mol. The van der Waals surface area contributed by atoms with Crippen LogP contribution in [0.5, 0.6) is 5.75 Å². The Hall–Kier alpha value is -1.59. The summed E-state index contributed by atoms with van der Waals surface area (Å²) in [6.45, 7) is 3.12. The van der Waals surface area contributed by atoms with Gasteiger partial charge in [0.1, 0.15) is 5.75 Å². The number of aliphatic hydroxyl groups is 1. The predicted octanol–water partition coefficient (Wildman–Crippen LogP) is 2.33. The molecule has 5 heteroatoms. The van der Waals surface area contributed by atoms with Crippen LogP contribution in [0.1, 0.15) is 44.6 Å². The van der Waals surface area contributed by atoms with E-state index in [0.29, 0.717) is 25.7 Å². The molecule has 0 bridgehead atoms. The lowest BCUT2D eigenvalue weighted by Crippen LogP contribution is -2.46. The first-order valence-corrected chi connectivity index (χ1v) is 8.91. The molecule has 1 aliphatic rings. The lowest BCUT2D eigenvalue weighted by atomic mass is 9.94. The highest BCUT2D eigenvalue weighted by molar-refractivity contribution is 5.78. The maximum absolute atomic E-state index is 12.4. The molecule has 1 aromatic carbocycles. The fraction of sp³-hybridized carbons (Fsp3) is 0.632. The molecule has 0 saturated heterocycles. The maximum Gasteiger partial charge on any atom is 0.234 e. The fourth-order valence-corrected chi connectivity index (χ4v) is 3.41. The third-order valence-corrected chi connectivity index (χ3v) is 4.61. The smallest absolute Gasteiger partial charge is 0.234 e. The Balaban J connectivity index is 1.89. The van der Waals surface area contributed by atoms with Crippen molar-refractivity contribution in [2.75, 3.05) is 20.2 Å². The molecule has 2 N–H and O–H groups in total. The first-order valence-electron chi connectivity index (χ1n) is 8.91. The van der Waals surface area contributed by atoms with E-state index in [9.17, 15) is 9.90 Å². The molecule has 1 aliphatic carbocycles. The van der Waals surface area contributed by atoms with Crippen LogP contribution in [0.15, 0.2) is 24.3 Å². The molecule has 2 rings (SSSR count). The standard InChI is InChI=1S/C19H30N2O3/c1-15(22)13-21(17-9-4-3-5-10-17)14-19(23)20-12-16-8-6-7-11-18(16)24-2/h6-8,11,15,17,22H,3-5,9-10,12-14H2,1-2H3,(H,20,23). The topological polar surface area (TPSA) is 61.8 Å². The van der Waals surface area contributed by atoms with Gasteiger partial charge in [-0.05, 0) is 25.8 Å². The molecule has 134 valence electrons. The minimum Gasteiger partial charge on any atom is -0.496 e. The summed E-state index contributed by atoms with van der Waals surface area (Å²) in [6, 6.07) is 8.10. The van der Waals surface area contributed by atoms with Crippen LogP contribution < -0.4 is 10.1 Å². The number of hydrogen-bond donors (Lipinski definition) is 2. The molecule has 0 radical (unpaired) electrons. The van der Waals surface area contributed by atoms with Gasteiger partial charge in [-0.2, -0.15) is 0 Å². The highest BCUT2D eigenvalue weighted by Gasteiger charge is 2.24. The number of para-hydroxylation sites is 1. The van der Waals surface area contributed by atoms with Crippen molar-refractivity contribution in [2.45, 2.75) is 57.7 Å². The first kappa shape index (κ1) is 18.7. The van der Waals surface area contributed by atoms with E-state index in [2.05, 4.69) is 10.2 Å². The van der Waals surface area contributed by atoms with Gasteiger partial charge in [-0.15, -0.1) is 0 Å². The highest BCUT2D eigenvalue weighted by Crippen LogP contribution is 2.22. The number of amides is 1. The van der Waals surface area contributed by atoms with Gasteiger partial charge in [0.25, 0.3) is 0 Å². The number of aliphatic hydroxyl groups excluding tert-OH is 1. The molecule has 0 spiro atoms. The number of ether oxygens (including phenoxy) is 1. The van der Waals surface area contributed by atoms with Gasteiger partial charge < -0.3 is 15.2 Å². The van der Waals surface area contributed by atoms with Gasteiger partial charge in [0.15, 0.2) is 0 Å². The van der Waals surface area contributed by atoms with E-state index in [0.717, 1.165) is 24.2 Å². The first-order chi connectivity index (χ1) is 11.6. The van der Waals surface area contributed by atoms with Crippen molar-refractivity contribution in [2.24, 2.45) is 0 Å². The second-order valence-corrected chi connectivity index (χ2v) is 6.66. The zero-order valence-corrected chi connectivity index (χ0v) is 14.8. The Labute approximate surface area is 145 Å². The molecule has 0 aromatic heterocycles. The predicted molar refractivity (Wildman–Crippen MR) is 95.0 cm³/mol. The molecule has 5 nitrogen and oxygen atoms in total. The minimum absolute atomic E-state index is 0.00729. The van der Waals surface area contributed by atoms with E-state index in [-0.39, 0.29) is 5.91 Å². The van der Waals surface area contributed by atoms with Crippen molar-refractivity contribution < 1.29 is 14.6 Å². The third-order valence-electron chi connectivity index (χ3n) is 4.61. The summed E-state index contributed by atoms with van der Waals surface area (Å²) in [4.78, 5) is 14.5. The SMILES string of the molecule is COc1ccccc1CNC(=O)CN(CC(C)O)C1CCCCC1. The van der Waals surface area contributed by atoms with Crippen LogP contribution in [-0.2, 0) is 11.3 Å². The summed E-state index contributed by atoms with van der Waals surface area (Å²) < 4.78 is 5.31. The lowest BCUT2D eigenvalue weighted by Gasteiger charge is -2.34. The van der Waals surface area contributed by atoms with E-state index in [1.807, 2.05) is 24.3 Å². The van der Waals surface area contributed by atoms with Gasteiger partial charge in [-0.3, -0.25) is 9.69 Å². The Bertz CT molecular complexity index is 513. The Morgan fingerprint density at radius 3 is 2.71 bits per heavy atom. The summed E-state index contributed by atoms with van der Waals surface area (Å²) >= 11 is 0. The van der Waals surface area contributed by atoms with Crippen LogP contribution in [0.2, 0.25) is 0 Å². The molecular formula is C19H30N2O3. The second-order valence-electron chi connectivity index (χ2n) is 6.66. The molecule has 1 fully saturated rings. The van der Waals surface area contributed by atoms with E-state index >= 15 is 0 Å². The molecule has 1 unspecified atom stereocenters. The van der Waals surface area contributed by atoms with Gasteiger partial charge in [0, 0.05) is 24.7 Å². The summed E-state index contributed by atoms with van der Waals surface area (Å²) in [5.74, 6) is 0.776. The molecule has 0 aliphatic heterocycles. The van der Waals surface area contributed by atoms with Gasteiger partial charge in [0.05, 0.1) is 19.8 Å². The summed E-state index contributed by atoms with van der Waals surface area (Å²) in [6.07, 6.45) is 5.51. The molecular weight excluding hydrogens is 304 g/mol. The number of methoxy groups -OCH3 is 1. The zero-order valence-electron chi connectivity index (χ0n) is 14.8. The number of carbonyl (C=O) groups excluding carboxylic acids is 1. The maximum atomic E-state index is 12.4. The van der Waals surface area contributed by atoms with E-state index in [1.165, 1.54) is 19.3 Å². The largest absolute Gasteiger partial charge is 0.496 e. The van der Waals surface area contributed by atoms with Gasteiger partial charge >= 0.3 is 0 Å². The van der Waals surface area contributed by atoms with Crippen molar-refractivity contribution in [1.82, 2.24) is 10.2 Å². The number of benzene rings is 1. The van der Waals surface area contributed by atoms with E-state index in [1.54, 1.807) is 14.0 Å². The Morgan fingerprint density at radius 1 is 1.33 bits per heavy atom. The normalized spacial score (nSPS) is 16.8. The van der Waals surface area contributed by atoms with Gasteiger partial charge in [-0.1, -0.05) is 37.5 Å². The number of carbonyl (C=O) groups is 1. The van der Waals surface area contributed by atoms with E-state index in [4.69, 9.17) is 4.74 Å². The Kier molecular flexibility index (Phi) is 7.53. The van der Waals surface area contributed by atoms with Crippen molar-refractivity contribution in [3.8, 4) is 5.75 Å². The molecule has 1 aromatic rings. The number of nitrogens with zero attached hydrogens (tertiary/aromatic N) is 1. The molecule has 0 heterocycles. The zero-order chi connectivity index (χ0) is 17.4. The quantitative estimate of drug-likeness (QED) is 0.766. The molecule has 1 saturated carbocycles. The van der Waals surface area contributed by atoms with Crippen LogP contribution in [0, 0.1) is 0 Å². The minimum atomic E-state index is -0.422. The number of hydrogen-bond acceptors (Lipinski definition) is 4. The summed E-state index contributed by atoms with van der Waals surface area (Å²) in [5, 5.41) is 12.7. The average molecular weight is 334 g/mol. The van der Waals surface area contributed by atoms with Gasteiger partial charge in [-0.25, -0.2) is 0 Å². The van der Waals surface area contributed by atoms with Crippen molar-refractivity contribution in [1.29, 1.82) is 0 Å². The van der Waals surface area contributed by atoms with Crippen LogP contribution in [-0.4, -0.2) is 48.3 Å². The molecule has 1 amide bonds. The second kappa shape index (κ2) is 9.64. The fourth-order valence-electron chi connectivity index (χ4n) is 3.41. The summed E-state index contributed by atoms with van der Waals surface area (Å²) in [5.41, 5.74) is 0.966. The molecule has 1 atom stereocenters. The van der Waals surface area contributed by atoms with Crippen LogP contribution in [0.3, 0.4) is 0 Å². The highest BCUT2D eigenvalue weighted by atomic mass is 16.5. The average Bonchev–Trinajstić information content (AvgIpc) is 2.60. The van der Waals surface area contributed by atoms with Crippen molar-refractivity contribution in [3.63, 3.8) is 0 Å². The van der Waals surface area contributed by atoms with Crippen molar-refractivity contribution in [3.05, 3.63) is 29.8 Å². The van der Waals surface area contributed by atoms with Gasteiger partial charge in [0.2, 0.25) is 5.91 Å². The lowest BCUT2D eigenvalue weighted by molar-refractivity contribution is -0.123. The number of nitrogens with one attached hydrogen (secondary N) is 1. The molecule has 24 heavy (non-hydrogen) atoms. The number of rotatable bonds is 8. The Morgan fingerprint density at radius 2 is 2.04 bits per heavy atom. The van der Waals surface area contributed by atoms with Crippen LogP contribution in [0.4, 0.5) is 0 Å². The van der Waals surface area contributed by atoms with E-state index < -0.39 is 6.10 Å². The van der Waals surface area contributed by atoms with Crippen LogP contribution in [0.25, 0.3) is 0 Å². The summed E-state index contributed by atoms with van der Waals surface area (Å²) in [7, 11) is 1.63. The van der Waals surface area contributed by atoms with Crippen molar-refractivity contribution >= 4 is 5.91 Å². The van der Waals surface area contributed by atoms with Crippen LogP contribution >= 0.6 is 0 Å².